The third-order valence-electron chi connectivity index (χ3n) is 4.58. The van der Waals surface area contributed by atoms with Gasteiger partial charge < -0.3 is 0 Å². The molecule has 0 fully saturated rings. The SMILES string of the molecule is C=CCn1c(=O)c2ccccc2n2c(SCC(=O)Nc3nnc(CCCC)s3)nnc12. The summed E-state index contributed by atoms with van der Waals surface area (Å²) in [6.45, 7) is 6.16. The van der Waals surface area contributed by atoms with Gasteiger partial charge in [0.1, 0.15) is 5.01 Å². The van der Waals surface area contributed by atoms with E-state index in [-0.39, 0.29) is 17.2 Å². The van der Waals surface area contributed by atoms with E-state index >= 15 is 0 Å². The van der Waals surface area contributed by atoms with Gasteiger partial charge in [-0.3, -0.25) is 23.9 Å². The van der Waals surface area contributed by atoms with Gasteiger partial charge in [-0.15, -0.1) is 27.0 Å². The van der Waals surface area contributed by atoms with Crippen LogP contribution in [0, 0.1) is 0 Å². The summed E-state index contributed by atoms with van der Waals surface area (Å²) in [6.07, 6.45) is 4.63. The summed E-state index contributed by atoms with van der Waals surface area (Å²) in [6, 6.07) is 7.28. The van der Waals surface area contributed by atoms with Gasteiger partial charge in [0.25, 0.3) is 5.56 Å². The average Bonchev–Trinajstić information content (AvgIpc) is 3.40. The van der Waals surface area contributed by atoms with Crippen LogP contribution in [0.5, 0.6) is 0 Å². The molecule has 1 aromatic carbocycles. The van der Waals surface area contributed by atoms with Crippen molar-refractivity contribution in [1.82, 2.24) is 29.4 Å². The van der Waals surface area contributed by atoms with Crippen molar-refractivity contribution in [2.45, 2.75) is 37.9 Å². The largest absolute Gasteiger partial charge is 0.300 e. The number of nitrogens with zero attached hydrogens (tertiary/aromatic N) is 6. The van der Waals surface area contributed by atoms with Crippen molar-refractivity contribution in [3.63, 3.8) is 0 Å². The summed E-state index contributed by atoms with van der Waals surface area (Å²) in [5.74, 6) is 0.333. The number of carbonyl (C=O) groups is 1. The van der Waals surface area contributed by atoms with Crippen molar-refractivity contribution < 1.29 is 4.79 Å². The number of rotatable bonds is 9. The Hall–Kier alpha value is -3.05. The monoisotopic (exact) mass is 455 g/mol. The number of nitrogens with one attached hydrogen (secondary N) is 1. The Morgan fingerprint density at radius 2 is 2.10 bits per heavy atom. The smallest absolute Gasteiger partial charge is 0.263 e. The molecule has 0 saturated carbocycles. The minimum Gasteiger partial charge on any atom is -0.300 e. The zero-order chi connectivity index (χ0) is 21.8. The van der Waals surface area contributed by atoms with Crippen LogP contribution >= 0.6 is 23.1 Å². The first-order valence-electron chi connectivity index (χ1n) is 9.85. The molecule has 31 heavy (non-hydrogen) atoms. The molecule has 0 aliphatic rings. The molecule has 0 unspecified atom stereocenters. The van der Waals surface area contributed by atoms with Crippen molar-refractivity contribution in [1.29, 1.82) is 0 Å². The van der Waals surface area contributed by atoms with E-state index in [2.05, 4.69) is 39.2 Å². The van der Waals surface area contributed by atoms with Crippen molar-refractivity contribution in [3.05, 3.63) is 52.3 Å². The zero-order valence-electron chi connectivity index (χ0n) is 16.9. The molecule has 0 atom stereocenters. The first-order valence-corrected chi connectivity index (χ1v) is 11.6. The molecule has 0 radical (unpaired) electrons. The number of aryl methyl sites for hydroxylation is 1. The molecule has 0 spiro atoms. The molecule has 0 bridgehead atoms. The van der Waals surface area contributed by atoms with E-state index in [1.807, 2.05) is 18.2 Å². The van der Waals surface area contributed by atoms with E-state index in [1.165, 1.54) is 27.7 Å². The molecule has 9 nitrogen and oxygen atoms in total. The highest BCUT2D eigenvalue weighted by Crippen LogP contribution is 2.22. The van der Waals surface area contributed by atoms with Gasteiger partial charge in [-0.25, -0.2) is 0 Å². The third-order valence-corrected chi connectivity index (χ3v) is 6.41. The van der Waals surface area contributed by atoms with Gasteiger partial charge in [-0.05, 0) is 18.6 Å². The minimum absolute atomic E-state index is 0.125. The molecule has 1 N–H and O–H groups in total. The number of hydrogen-bond donors (Lipinski definition) is 1. The summed E-state index contributed by atoms with van der Waals surface area (Å²) < 4.78 is 3.32. The van der Waals surface area contributed by atoms with E-state index in [1.54, 1.807) is 16.5 Å². The highest BCUT2D eigenvalue weighted by molar-refractivity contribution is 7.99. The fourth-order valence-corrected chi connectivity index (χ4v) is 4.68. The number of amides is 1. The van der Waals surface area contributed by atoms with Crippen LogP contribution < -0.4 is 10.9 Å². The van der Waals surface area contributed by atoms with Crippen molar-refractivity contribution in [2.75, 3.05) is 11.1 Å². The molecule has 0 aliphatic carbocycles. The second-order valence-corrected chi connectivity index (χ2v) is 8.79. The lowest BCUT2D eigenvalue weighted by Gasteiger charge is -2.09. The lowest BCUT2D eigenvalue weighted by Crippen LogP contribution is -2.22. The molecule has 3 heterocycles. The van der Waals surface area contributed by atoms with E-state index in [9.17, 15) is 9.59 Å². The second kappa shape index (κ2) is 9.40. The molecular weight excluding hydrogens is 434 g/mol. The minimum atomic E-state index is -0.205. The number of thioether (sulfide) groups is 1. The number of hydrogen-bond acceptors (Lipinski definition) is 8. The van der Waals surface area contributed by atoms with Gasteiger partial charge in [0, 0.05) is 13.0 Å². The fraction of sp³-hybridized carbons (Fsp3) is 0.300. The van der Waals surface area contributed by atoms with Crippen LogP contribution in [0.4, 0.5) is 5.13 Å². The number of unbranched alkanes of at least 4 members (excludes halogenated alkanes) is 1. The first-order chi connectivity index (χ1) is 15.1. The number of aromatic nitrogens is 6. The summed E-state index contributed by atoms with van der Waals surface area (Å²) in [4.78, 5) is 25.3. The molecule has 0 aliphatic heterocycles. The van der Waals surface area contributed by atoms with E-state index in [4.69, 9.17) is 0 Å². The van der Waals surface area contributed by atoms with Crippen LogP contribution in [0.1, 0.15) is 24.8 Å². The van der Waals surface area contributed by atoms with Crippen LogP contribution in [-0.4, -0.2) is 41.0 Å². The molecule has 0 saturated heterocycles. The molecule has 4 aromatic rings. The molecule has 3 aromatic heterocycles. The fourth-order valence-electron chi connectivity index (χ4n) is 3.14. The van der Waals surface area contributed by atoms with Gasteiger partial charge in [0.2, 0.25) is 16.8 Å². The summed E-state index contributed by atoms with van der Waals surface area (Å²) >= 11 is 2.64. The molecule has 4 rings (SSSR count). The van der Waals surface area contributed by atoms with Crippen molar-refractivity contribution >= 4 is 50.8 Å². The maximum Gasteiger partial charge on any atom is 0.263 e. The van der Waals surface area contributed by atoms with Gasteiger partial charge in [0.05, 0.1) is 16.7 Å². The van der Waals surface area contributed by atoms with Gasteiger partial charge in [-0.2, -0.15) is 0 Å². The maximum absolute atomic E-state index is 12.8. The Kier molecular flexibility index (Phi) is 6.42. The van der Waals surface area contributed by atoms with Crippen LogP contribution in [0.25, 0.3) is 16.7 Å². The first kappa shape index (κ1) is 21.2. The predicted octanol–water partition coefficient (Wildman–Crippen LogP) is 3.16. The van der Waals surface area contributed by atoms with E-state index in [0.29, 0.717) is 33.5 Å². The lowest BCUT2D eigenvalue weighted by atomic mass is 10.2. The Labute approximate surface area is 186 Å². The topological polar surface area (TPSA) is 107 Å². The predicted molar refractivity (Wildman–Crippen MR) is 123 cm³/mol. The average molecular weight is 456 g/mol. The number of para-hydroxylation sites is 1. The Bertz CT molecular complexity index is 1310. The maximum atomic E-state index is 12.8. The van der Waals surface area contributed by atoms with E-state index in [0.717, 1.165) is 24.3 Å². The van der Waals surface area contributed by atoms with Crippen LogP contribution in [-0.2, 0) is 17.8 Å². The van der Waals surface area contributed by atoms with Crippen LogP contribution in [0.3, 0.4) is 0 Å². The summed E-state index contributed by atoms with van der Waals surface area (Å²) in [7, 11) is 0. The number of allylic oxidation sites excluding steroid dienone is 1. The number of benzene rings is 1. The molecule has 1 amide bonds. The standard InChI is InChI=1S/C20H21N7O2S2/c1-3-5-10-16-22-23-18(31-16)21-15(28)12-30-20-25-24-19-26(11-4-2)17(29)13-8-6-7-9-14(13)27(19)20/h4,6-9H,2-3,5,10-12H2,1H3,(H,21,23,28). The number of carbonyl (C=O) groups excluding carboxylic acids is 1. The summed E-state index contributed by atoms with van der Waals surface area (Å²) in [5, 5.41) is 21.8. The molecular formula is C20H21N7O2S2. The highest BCUT2D eigenvalue weighted by atomic mass is 32.2. The second-order valence-electron chi connectivity index (χ2n) is 6.78. The molecule has 160 valence electrons. The normalized spacial score (nSPS) is 11.3. The Morgan fingerprint density at radius 3 is 2.90 bits per heavy atom. The quantitative estimate of drug-likeness (QED) is 0.305. The molecule has 11 heteroatoms. The van der Waals surface area contributed by atoms with Gasteiger partial charge in [-0.1, -0.05) is 54.7 Å². The van der Waals surface area contributed by atoms with Crippen molar-refractivity contribution in [2.24, 2.45) is 0 Å². The third kappa shape index (κ3) is 4.37. The van der Waals surface area contributed by atoms with Gasteiger partial charge >= 0.3 is 0 Å². The van der Waals surface area contributed by atoms with E-state index < -0.39 is 0 Å². The lowest BCUT2D eigenvalue weighted by molar-refractivity contribution is -0.113. The highest BCUT2D eigenvalue weighted by Gasteiger charge is 2.17. The van der Waals surface area contributed by atoms with Crippen molar-refractivity contribution in [3.8, 4) is 0 Å². The van der Waals surface area contributed by atoms with Gasteiger partial charge in [0.15, 0.2) is 5.16 Å². The van der Waals surface area contributed by atoms with Crippen LogP contribution in [0.15, 0.2) is 46.9 Å². The van der Waals surface area contributed by atoms with Crippen LogP contribution in [0.2, 0.25) is 0 Å². The Balaban J connectivity index is 1.56. The Morgan fingerprint density at radius 1 is 1.26 bits per heavy atom. The summed E-state index contributed by atoms with van der Waals surface area (Å²) in [5.41, 5.74) is 0.542. The number of fused-ring (bicyclic) bond motifs is 3. The number of anilines is 1. The zero-order valence-corrected chi connectivity index (χ0v) is 18.6.